The summed E-state index contributed by atoms with van der Waals surface area (Å²) < 4.78 is 1.87. The van der Waals surface area contributed by atoms with Crippen LogP contribution < -0.4 is 31.9 Å². The molecule has 0 spiro atoms. The van der Waals surface area contributed by atoms with E-state index in [-0.39, 0.29) is 18.2 Å². The van der Waals surface area contributed by atoms with Gasteiger partial charge in [-0.2, -0.15) is 9.97 Å². The number of hydrogen-bond acceptors (Lipinski definition) is 11. The largest absolute Gasteiger partial charge is 0.481 e. The number of carboxylic acids is 1. The lowest BCUT2D eigenvalue weighted by molar-refractivity contribution is -0.137. The van der Waals surface area contributed by atoms with Crippen molar-refractivity contribution < 1.29 is 14.7 Å². The fourth-order valence-corrected chi connectivity index (χ4v) is 5.84. The van der Waals surface area contributed by atoms with Crippen LogP contribution in [0, 0.1) is 5.92 Å². The molecule has 1 saturated carbocycles. The second-order valence-electron chi connectivity index (χ2n) is 12.0. The number of aromatic nitrogens is 5. The van der Waals surface area contributed by atoms with Gasteiger partial charge in [0.15, 0.2) is 0 Å². The number of anilines is 3. The van der Waals surface area contributed by atoms with Crippen LogP contribution in [0.3, 0.4) is 0 Å². The molecule has 1 saturated heterocycles. The van der Waals surface area contributed by atoms with E-state index < -0.39 is 5.97 Å². The lowest BCUT2D eigenvalue weighted by Crippen LogP contribution is -2.41. The molecule has 244 valence electrons. The molecule has 0 bridgehead atoms. The van der Waals surface area contributed by atoms with Crippen LogP contribution >= 0.6 is 0 Å². The smallest absolute Gasteiger partial charge is 0.303 e. The summed E-state index contributed by atoms with van der Waals surface area (Å²) in [4.78, 5) is 34.2. The number of nitrogens with zero attached hydrogens (tertiary/aromatic N) is 6. The minimum atomic E-state index is -0.808. The van der Waals surface area contributed by atoms with Crippen molar-refractivity contribution in [3.8, 4) is 0 Å². The minimum Gasteiger partial charge on any atom is -0.481 e. The fourth-order valence-electron chi connectivity index (χ4n) is 5.84. The van der Waals surface area contributed by atoms with Crippen LogP contribution in [-0.2, 0) is 22.7 Å². The average Bonchev–Trinajstić information content (AvgIpc) is 3.49. The van der Waals surface area contributed by atoms with E-state index in [0.29, 0.717) is 63.6 Å². The molecule has 44 heavy (non-hydrogen) atoms. The Hall–Kier alpha value is -3.52. The lowest BCUT2D eigenvalue weighted by atomic mass is 9.95. The Kier molecular flexibility index (Phi) is 13.9. The molecule has 1 aliphatic carbocycles. The van der Waals surface area contributed by atoms with Gasteiger partial charge in [-0.3, -0.25) is 14.3 Å². The molecule has 0 aromatic carbocycles. The molecule has 0 unspecified atom stereocenters. The number of carboxylic acid groups (broad SMARTS) is 1. The molecule has 3 heterocycles. The molecule has 2 fully saturated rings. The monoisotopic (exact) mass is 613 g/mol. The SMILES string of the molecule is Nc1cc(N2CCC(C(=O)NCCCCC(=O)O)CC2)nc(NCc2cn(CCCNCCCNC3CCCCC3)nn2)n1. The third kappa shape index (κ3) is 11.9. The van der Waals surface area contributed by atoms with Gasteiger partial charge in [-0.25, -0.2) is 0 Å². The van der Waals surface area contributed by atoms with Gasteiger partial charge in [0.25, 0.3) is 0 Å². The number of aryl methyl sites for hydroxylation is 1. The molecule has 2 aliphatic rings. The number of amides is 1. The standard InChI is InChI=1S/C30H51N11O3/c31-26-20-27(40-18-11-23(12-19-40)29(44)34-15-5-4-10-28(42)43)37-30(36-26)35-21-25-22-41(39-38-25)17-7-14-32-13-6-16-33-24-8-2-1-3-9-24/h20,22-24,32-33H,1-19,21H2,(H,34,44)(H,42,43)(H3,31,35,36,37). The van der Waals surface area contributed by atoms with Crippen LogP contribution in [0.2, 0.25) is 0 Å². The average molecular weight is 614 g/mol. The van der Waals surface area contributed by atoms with E-state index in [2.05, 4.69) is 46.4 Å². The second-order valence-corrected chi connectivity index (χ2v) is 12.0. The Labute approximate surface area is 260 Å². The highest BCUT2D eigenvalue weighted by atomic mass is 16.4. The zero-order chi connectivity index (χ0) is 31.0. The molecule has 2 aromatic heterocycles. The summed E-state index contributed by atoms with van der Waals surface area (Å²) in [7, 11) is 0. The van der Waals surface area contributed by atoms with Gasteiger partial charge >= 0.3 is 5.97 Å². The number of carbonyl (C=O) groups is 2. The number of aliphatic carboxylic acids is 1. The summed E-state index contributed by atoms with van der Waals surface area (Å²) in [6, 6.07) is 2.49. The van der Waals surface area contributed by atoms with Crippen LogP contribution in [0.25, 0.3) is 0 Å². The zero-order valence-corrected chi connectivity index (χ0v) is 26.0. The summed E-state index contributed by atoms with van der Waals surface area (Å²) in [6.07, 6.45) is 13.7. The van der Waals surface area contributed by atoms with Crippen LogP contribution in [-0.4, -0.2) is 87.3 Å². The molecule has 0 radical (unpaired) electrons. The number of hydrogen-bond donors (Lipinski definition) is 6. The normalized spacial score (nSPS) is 16.2. The first-order valence-corrected chi connectivity index (χ1v) is 16.4. The second kappa shape index (κ2) is 18.3. The summed E-state index contributed by atoms with van der Waals surface area (Å²) in [5.74, 6) is 0.698. The van der Waals surface area contributed by atoms with Gasteiger partial charge in [0.05, 0.1) is 12.7 Å². The van der Waals surface area contributed by atoms with Crippen molar-refractivity contribution in [1.29, 1.82) is 0 Å². The predicted octanol–water partition coefficient (Wildman–Crippen LogP) is 2.14. The molecule has 1 amide bonds. The number of rotatable bonds is 19. The van der Waals surface area contributed by atoms with Gasteiger partial charge in [0.1, 0.15) is 17.3 Å². The minimum absolute atomic E-state index is 0.0337. The van der Waals surface area contributed by atoms with Crippen molar-refractivity contribution >= 4 is 29.5 Å². The molecule has 2 aromatic rings. The molecule has 7 N–H and O–H groups in total. The first-order chi connectivity index (χ1) is 21.5. The molecule has 1 aliphatic heterocycles. The van der Waals surface area contributed by atoms with Gasteiger partial charge in [0, 0.05) is 50.6 Å². The summed E-state index contributed by atoms with van der Waals surface area (Å²) in [5, 5.41) is 30.6. The van der Waals surface area contributed by atoms with Crippen molar-refractivity contribution in [2.45, 2.75) is 96.2 Å². The van der Waals surface area contributed by atoms with E-state index in [4.69, 9.17) is 10.8 Å². The zero-order valence-electron chi connectivity index (χ0n) is 26.0. The Bertz CT molecular complexity index is 1150. The van der Waals surface area contributed by atoms with Gasteiger partial charge in [0.2, 0.25) is 11.9 Å². The highest BCUT2D eigenvalue weighted by Gasteiger charge is 2.26. The number of nitrogens with one attached hydrogen (secondary N) is 4. The summed E-state index contributed by atoms with van der Waals surface area (Å²) in [6.45, 7) is 6.19. The van der Waals surface area contributed by atoms with Crippen LogP contribution in [0.5, 0.6) is 0 Å². The molecular formula is C30H51N11O3. The summed E-state index contributed by atoms with van der Waals surface area (Å²) >= 11 is 0. The highest BCUT2D eigenvalue weighted by Crippen LogP contribution is 2.24. The van der Waals surface area contributed by atoms with E-state index in [1.165, 1.54) is 32.1 Å². The third-order valence-electron chi connectivity index (χ3n) is 8.36. The Morgan fingerprint density at radius 3 is 2.55 bits per heavy atom. The number of piperidine rings is 1. The van der Waals surface area contributed by atoms with Crippen molar-refractivity contribution in [2.75, 3.05) is 55.2 Å². The van der Waals surface area contributed by atoms with E-state index >= 15 is 0 Å². The third-order valence-corrected chi connectivity index (χ3v) is 8.36. The number of carbonyl (C=O) groups excluding carboxylic acids is 1. The Balaban J connectivity index is 1.10. The lowest BCUT2D eigenvalue weighted by Gasteiger charge is -2.32. The van der Waals surface area contributed by atoms with Crippen LogP contribution in [0.1, 0.15) is 82.7 Å². The number of unbranched alkanes of at least 4 members (excludes halogenated alkanes) is 1. The Morgan fingerprint density at radius 1 is 0.955 bits per heavy atom. The fraction of sp³-hybridized carbons (Fsp3) is 0.733. The van der Waals surface area contributed by atoms with Crippen molar-refractivity contribution in [1.82, 2.24) is 40.9 Å². The topological polar surface area (TPSA) is 188 Å². The molecule has 4 rings (SSSR count). The maximum Gasteiger partial charge on any atom is 0.303 e. The molecule has 14 nitrogen and oxygen atoms in total. The van der Waals surface area contributed by atoms with Crippen LogP contribution in [0.15, 0.2) is 12.3 Å². The van der Waals surface area contributed by atoms with Gasteiger partial charge in [-0.05, 0) is 71.0 Å². The molecule has 14 heteroatoms. The van der Waals surface area contributed by atoms with E-state index in [1.54, 1.807) is 6.07 Å². The first kappa shape index (κ1) is 33.4. The van der Waals surface area contributed by atoms with Gasteiger partial charge in [-0.1, -0.05) is 24.5 Å². The van der Waals surface area contributed by atoms with Gasteiger partial charge in [-0.15, -0.1) is 5.10 Å². The highest BCUT2D eigenvalue weighted by molar-refractivity contribution is 5.79. The van der Waals surface area contributed by atoms with Crippen molar-refractivity contribution in [3.05, 3.63) is 18.0 Å². The van der Waals surface area contributed by atoms with Crippen molar-refractivity contribution in [2.24, 2.45) is 5.92 Å². The number of nitrogens with two attached hydrogens (primary N) is 1. The Morgan fingerprint density at radius 2 is 1.75 bits per heavy atom. The van der Waals surface area contributed by atoms with E-state index in [0.717, 1.165) is 56.6 Å². The van der Waals surface area contributed by atoms with Gasteiger partial charge < -0.3 is 37.0 Å². The maximum atomic E-state index is 12.5. The summed E-state index contributed by atoms with van der Waals surface area (Å²) in [5.41, 5.74) is 6.89. The van der Waals surface area contributed by atoms with E-state index in [9.17, 15) is 9.59 Å². The van der Waals surface area contributed by atoms with E-state index in [1.807, 2.05) is 10.9 Å². The first-order valence-electron chi connectivity index (χ1n) is 16.4. The maximum absolute atomic E-state index is 12.5. The quantitative estimate of drug-likeness (QED) is 0.127. The molecule has 0 atom stereocenters. The molecular weight excluding hydrogens is 562 g/mol. The van der Waals surface area contributed by atoms with Crippen molar-refractivity contribution in [3.63, 3.8) is 0 Å². The predicted molar refractivity (Wildman–Crippen MR) is 170 cm³/mol. The number of nitrogen functional groups attached to an aromatic ring is 1. The van der Waals surface area contributed by atoms with Crippen LogP contribution in [0.4, 0.5) is 17.6 Å².